The van der Waals surface area contributed by atoms with Crippen LogP contribution in [0.4, 0.5) is 4.39 Å². The minimum atomic E-state index is -0.443. The third-order valence-corrected chi connectivity index (χ3v) is 2.79. The molecule has 0 fully saturated rings. The molecule has 4 nitrogen and oxygen atoms in total. The molecule has 0 saturated heterocycles. The van der Waals surface area contributed by atoms with E-state index in [1.54, 1.807) is 4.90 Å². The van der Waals surface area contributed by atoms with E-state index in [1.165, 1.54) is 18.2 Å². The van der Waals surface area contributed by atoms with Crippen LogP contribution in [0.1, 0.15) is 29.3 Å². The number of benzene rings is 1. The Morgan fingerprint density at radius 3 is 2.85 bits per heavy atom. The fraction of sp³-hybridized carbons (Fsp3) is 0.400. The van der Waals surface area contributed by atoms with Gasteiger partial charge in [0, 0.05) is 25.3 Å². The van der Waals surface area contributed by atoms with Gasteiger partial charge >= 0.3 is 0 Å². The summed E-state index contributed by atoms with van der Waals surface area (Å²) < 4.78 is 13.3. The highest BCUT2D eigenvalue weighted by Gasteiger charge is 2.17. The lowest BCUT2D eigenvalue weighted by Gasteiger charge is -2.21. The van der Waals surface area contributed by atoms with Crippen LogP contribution in [-0.2, 0) is 0 Å². The van der Waals surface area contributed by atoms with Crippen molar-refractivity contribution in [2.75, 3.05) is 26.2 Å². The first-order valence-electron chi connectivity index (χ1n) is 6.52. The molecule has 0 heterocycles. The maximum atomic E-state index is 13.3. The van der Waals surface area contributed by atoms with Crippen LogP contribution in [0.15, 0.2) is 18.2 Å². The molecule has 5 heteroatoms. The highest BCUT2D eigenvalue weighted by molar-refractivity contribution is 5.96. The van der Waals surface area contributed by atoms with E-state index >= 15 is 0 Å². The number of rotatable bonds is 5. The molecule has 0 aliphatic heterocycles. The molecule has 0 aromatic heterocycles. The summed E-state index contributed by atoms with van der Waals surface area (Å²) in [6.45, 7) is 2.98. The molecule has 0 unspecified atom stereocenters. The molecular weight excluding hydrogens is 259 g/mol. The van der Waals surface area contributed by atoms with E-state index in [2.05, 4.69) is 11.8 Å². The van der Waals surface area contributed by atoms with E-state index in [1.807, 2.05) is 6.92 Å². The average Bonchev–Trinajstić information content (AvgIpc) is 2.45. The van der Waals surface area contributed by atoms with Gasteiger partial charge in [0.05, 0.1) is 12.1 Å². The van der Waals surface area contributed by atoms with Gasteiger partial charge in [-0.3, -0.25) is 4.79 Å². The van der Waals surface area contributed by atoms with Crippen LogP contribution in [0.2, 0.25) is 0 Å². The van der Waals surface area contributed by atoms with Crippen molar-refractivity contribution >= 4 is 5.91 Å². The normalized spacial score (nSPS) is 9.80. The van der Waals surface area contributed by atoms with Crippen LogP contribution < -0.4 is 5.73 Å². The quantitative estimate of drug-likeness (QED) is 0.789. The first kappa shape index (κ1) is 16.2. The summed E-state index contributed by atoms with van der Waals surface area (Å²) in [6, 6.07) is 3.90. The molecule has 1 aromatic carbocycles. The number of carbonyl (C=O) groups excluding carboxylic acids is 1. The molecule has 0 bridgehead atoms. The van der Waals surface area contributed by atoms with Crippen molar-refractivity contribution in [3.05, 3.63) is 35.1 Å². The van der Waals surface area contributed by atoms with Gasteiger partial charge in [0.25, 0.3) is 5.91 Å². The third-order valence-electron chi connectivity index (χ3n) is 2.79. The Labute approximate surface area is 118 Å². The van der Waals surface area contributed by atoms with Gasteiger partial charge in [-0.2, -0.15) is 0 Å². The highest BCUT2D eigenvalue weighted by Crippen LogP contribution is 2.13. The Balaban J connectivity index is 3.07. The van der Waals surface area contributed by atoms with Gasteiger partial charge in [-0.25, -0.2) is 4.39 Å². The smallest absolute Gasteiger partial charge is 0.255 e. The maximum Gasteiger partial charge on any atom is 0.255 e. The Morgan fingerprint density at radius 2 is 2.25 bits per heavy atom. The number of aliphatic hydroxyl groups excluding tert-OH is 1. The molecule has 1 rings (SSSR count). The predicted octanol–water partition coefficient (Wildman–Crippen LogP) is 0.980. The molecule has 0 aliphatic rings. The Kier molecular flexibility index (Phi) is 6.71. The van der Waals surface area contributed by atoms with Gasteiger partial charge in [0.1, 0.15) is 5.82 Å². The molecular formula is C15H19FN2O2. The zero-order valence-corrected chi connectivity index (χ0v) is 11.5. The largest absolute Gasteiger partial charge is 0.396 e. The molecule has 0 atom stereocenters. The molecule has 108 valence electrons. The number of nitrogens with two attached hydrogens (primary N) is 1. The van der Waals surface area contributed by atoms with E-state index in [-0.39, 0.29) is 19.1 Å². The van der Waals surface area contributed by atoms with Gasteiger partial charge in [0.2, 0.25) is 0 Å². The molecule has 3 N–H and O–H groups in total. The summed E-state index contributed by atoms with van der Waals surface area (Å²) in [5.74, 6) is 4.68. The summed E-state index contributed by atoms with van der Waals surface area (Å²) in [7, 11) is 0. The lowest BCUT2D eigenvalue weighted by atomic mass is 10.1. The summed E-state index contributed by atoms with van der Waals surface area (Å²) in [5, 5.41) is 8.85. The number of nitrogens with zero attached hydrogens (tertiary/aromatic N) is 1. The number of hydrogen-bond acceptors (Lipinski definition) is 3. The van der Waals surface area contributed by atoms with E-state index in [4.69, 9.17) is 10.8 Å². The topological polar surface area (TPSA) is 66.6 Å². The molecule has 0 spiro atoms. The number of amides is 1. The maximum absolute atomic E-state index is 13.3. The average molecular weight is 278 g/mol. The van der Waals surface area contributed by atoms with E-state index < -0.39 is 5.82 Å². The number of carbonyl (C=O) groups is 1. The molecule has 0 radical (unpaired) electrons. The van der Waals surface area contributed by atoms with Gasteiger partial charge < -0.3 is 15.7 Å². The third kappa shape index (κ3) is 4.34. The van der Waals surface area contributed by atoms with Crippen molar-refractivity contribution in [2.24, 2.45) is 5.73 Å². The predicted molar refractivity (Wildman–Crippen MR) is 75.6 cm³/mol. The second-order valence-corrected chi connectivity index (χ2v) is 4.16. The number of hydrogen-bond donors (Lipinski definition) is 2. The second kappa shape index (κ2) is 8.31. The fourth-order valence-corrected chi connectivity index (χ4v) is 1.79. The standard InChI is InChI=1S/C15H19FN2O2/c1-2-18(9-4-10-19)15(20)14-7-6-13(16)11-12(14)5-3-8-17/h6-7,11,19H,2,4,8-10,17H2,1H3. The second-order valence-electron chi connectivity index (χ2n) is 4.16. The summed E-state index contributed by atoms with van der Waals surface area (Å²) in [5.41, 5.74) is 5.99. The first-order chi connectivity index (χ1) is 9.63. The number of halogens is 1. The van der Waals surface area contributed by atoms with Crippen molar-refractivity contribution < 1.29 is 14.3 Å². The van der Waals surface area contributed by atoms with Gasteiger partial charge in [-0.05, 0) is 31.5 Å². The van der Waals surface area contributed by atoms with Gasteiger partial charge in [0.15, 0.2) is 0 Å². The van der Waals surface area contributed by atoms with Crippen LogP contribution in [0.3, 0.4) is 0 Å². The summed E-state index contributed by atoms with van der Waals surface area (Å²) in [4.78, 5) is 14.0. The number of aliphatic hydroxyl groups is 1. The molecule has 1 aromatic rings. The molecule has 0 aliphatic carbocycles. The van der Waals surface area contributed by atoms with Crippen molar-refractivity contribution in [2.45, 2.75) is 13.3 Å². The van der Waals surface area contributed by atoms with Crippen LogP contribution in [-0.4, -0.2) is 42.2 Å². The Morgan fingerprint density at radius 1 is 1.50 bits per heavy atom. The van der Waals surface area contributed by atoms with Crippen molar-refractivity contribution in [1.29, 1.82) is 0 Å². The highest BCUT2D eigenvalue weighted by atomic mass is 19.1. The lowest BCUT2D eigenvalue weighted by Crippen LogP contribution is -2.32. The SMILES string of the molecule is CCN(CCCO)C(=O)c1ccc(F)cc1C#CCN. The molecule has 0 saturated carbocycles. The summed E-state index contributed by atoms with van der Waals surface area (Å²) in [6.07, 6.45) is 0.505. The fourth-order valence-electron chi connectivity index (χ4n) is 1.79. The van der Waals surface area contributed by atoms with Crippen LogP contribution in [0, 0.1) is 17.7 Å². The van der Waals surface area contributed by atoms with Crippen LogP contribution >= 0.6 is 0 Å². The molecule has 20 heavy (non-hydrogen) atoms. The van der Waals surface area contributed by atoms with E-state index in [9.17, 15) is 9.18 Å². The van der Waals surface area contributed by atoms with Crippen LogP contribution in [0.5, 0.6) is 0 Å². The first-order valence-corrected chi connectivity index (χ1v) is 6.52. The minimum absolute atomic E-state index is 0.0209. The monoisotopic (exact) mass is 278 g/mol. The van der Waals surface area contributed by atoms with Crippen molar-refractivity contribution in [1.82, 2.24) is 4.90 Å². The summed E-state index contributed by atoms with van der Waals surface area (Å²) >= 11 is 0. The minimum Gasteiger partial charge on any atom is -0.396 e. The molecule has 1 amide bonds. The zero-order chi connectivity index (χ0) is 15.0. The lowest BCUT2D eigenvalue weighted by molar-refractivity contribution is 0.0754. The van der Waals surface area contributed by atoms with Gasteiger partial charge in [-0.15, -0.1) is 0 Å². The van der Waals surface area contributed by atoms with Crippen LogP contribution in [0.25, 0.3) is 0 Å². The van der Waals surface area contributed by atoms with Crippen molar-refractivity contribution in [3.63, 3.8) is 0 Å². The Hall–Kier alpha value is -1.90. The van der Waals surface area contributed by atoms with Gasteiger partial charge in [-0.1, -0.05) is 11.8 Å². The van der Waals surface area contributed by atoms with E-state index in [0.717, 1.165) is 0 Å². The Bertz CT molecular complexity index is 520. The zero-order valence-electron chi connectivity index (χ0n) is 11.5. The van der Waals surface area contributed by atoms with Crippen molar-refractivity contribution in [3.8, 4) is 11.8 Å². The van der Waals surface area contributed by atoms with E-state index in [0.29, 0.717) is 30.6 Å².